The zero-order chi connectivity index (χ0) is 12.0. The lowest BCUT2D eigenvalue weighted by Crippen LogP contribution is -2.24. The zero-order valence-corrected chi connectivity index (χ0v) is 10.3. The first kappa shape index (κ1) is 10.7. The maximum Gasteiger partial charge on any atom is 0.321 e. The Balaban J connectivity index is 2.12. The molecule has 17 heavy (non-hydrogen) atoms. The predicted molar refractivity (Wildman–Crippen MR) is 68.5 cm³/mol. The average Bonchev–Trinajstić information content (AvgIpc) is 2.57. The summed E-state index contributed by atoms with van der Waals surface area (Å²) < 4.78 is 0. The van der Waals surface area contributed by atoms with Gasteiger partial charge in [0.15, 0.2) is 0 Å². The first-order chi connectivity index (χ1) is 8.16. The highest BCUT2D eigenvalue weighted by molar-refractivity contribution is 8.05. The second-order valence-electron chi connectivity index (χ2n) is 4.47. The van der Waals surface area contributed by atoms with Crippen LogP contribution in [0.1, 0.15) is 0 Å². The van der Waals surface area contributed by atoms with Crippen molar-refractivity contribution in [1.82, 2.24) is 4.90 Å². The van der Waals surface area contributed by atoms with Gasteiger partial charge >= 0.3 is 5.97 Å². The lowest BCUT2D eigenvalue weighted by Gasteiger charge is -2.16. The van der Waals surface area contributed by atoms with E-state index in [-0.39, 0.29) is 5.92 Å². The average molecular weight is 247 g/mol. The fourth-order valence-corrected chi connectivity index (χ4v) is 3.77. The minimum absolute atomic E-state index is 0.242. The van der Waals surface area contributed by atoms with Crippen molar-refractivity contribution in [2.75, 3.05) is 13.6 Å². The van der Waals surface area contributed by atoms with Crippen LogP contribution in [0.4, 0.5) is 0 Å². The number of carboxylic acids is 1. The Hall–Kier alpha value is -1.42. The molecule has 4 heteroatoms. The Bertz CT molecular complexity index is 502. The Morgan fingerprint density at radius 3 is 3.12 bits per heavy atom. The molecule has 88 valence electrons. The quantitative estimate of drug-likeness (QED) is 0.769. The highest BCUT2D eigenvalue weighted by Gasteiger charge is 2.38. The number of hydrogen-bond donors (Lipinski definition) is 1. The molecule has 0 amide bonds. The smallest absolute Gasteiger partial charge is 0.321 e. The van der Waals surface area contributed by atoms with Gasteiger partial charge in [-0.25, -0.2) is 0 Å². The number of hydrogen-bond acceptors (Lipinski definition) is 3. The van der Waals surface area contributed by atoms with E-state index in [9.17, 15) is 9.90 Å². The minimum Gasteiger partial charge on any atom is -0.480 e. The third-order valence-corrected chi connectivity index (χ3v) is 4.60. The second-order valence-corrected chi connectivity index (χ2v) is 5.62. The SMILES string of the molecule is CN1C=CC2C=CC=C3SC(C(=O)O)C(=C32)C1. The monoisotopic (exact) mass is 247 g/mol. The second kappa shape index (κ2) is 3.81. The van der Waals surface area contributed by atoms with Crippen molar-refractivity contribution in [2.24, 2.45) is 5.92 Å². The number of carbonyl (C=O) groups is 1. The highest BCUT2D eigenvalue weighted by Crippen LogP contribution is 2.48. The first-order valence-electron chi connectivity index (χ1n) is 5.56. The first-order valence-corrected chi connectivity index (χ1v) is 6.44. The molecule has 2 unspecified atom stereocenters. The molecule has 0 aromatic carbocycles. The van der Waals surface area contributed by atoms with Crippen LogP contribution in [0, 0.1) is 5.92 Å². The van der Waals surface area contributed by atoms with Crippen molar-refractivity contribution in [3.05, 3.63) is 46.6 Å². The van der Waals surface area contributed by atoms with E-state index in [2.05, 4.69) is 12.2 Å². The van der Waals surface area contributed by atoms with E-state index in [1.54, 1.807) is 0 Å². The van der Waals surface area contributed by atoms with Crippen molar-refractivity contribution in [3.8, 4) is 0 Å². The van der Waals surface area contributed by atoms with Crippen LogP contribution in [0.15, 0.2) is 46.6 Å². The van der Waals surface area contributed by atoms with Gasteiger partial charge in [-0.3, -0.25) is 4.79 Å². The number of allylic oxidation sites excluding steroid dienone is 5. The normalized spacial score (nSPS) is 30.2. The van der Waals surface area contributed by atoms with Crippen molar-refractivity contribution in [1.29, 1.82) is 0 Å². The molecule has 0 aromatic rings. The molecule has 3 rings (SSSR count). The van der Waals surface area contributed by atoms with Crippen molar-refractivity contribution in [2.45, 2.75) is 5.25 Å². The molecule has 1 N–H and O–H groups in total. The number of likely N-dealkylation sites (N-methyl/N-ethyl adjacent to an activating group) is 1. The minimum atomic E-state index is -0.734. The van der Waals surface area contributed by atoms with E-state index in [0.29, 0.717) is 6.54 Å². The molecule has 0 spiro atoms. The van der Waals surface area contributed by atoms with Crippen LogP contribution < -0.4 is 0 Å². The Kier molecular flexibility index (Phi) is 2.40. The lowest BCUT2D eigenvalue weighted by atomic mass is 9.90. The van der Waals surface area contributed by atoms with E-state index < -0.39 is 11.2 Å². The van der Waals surface area contributed by atoms with Gasteiger partial charge in [0.05, 0.1) is 0 Å². The van der Waals surface area contributed by atoms with Gasteiger partial charge in [-0.2, -0.15) is 0 Å². The molecular formula is C13H13NO2S. The van der Waals surface area contributed by atoms with Crippen LogP contribution in [0.25, 0.3) is 0 Å². The van der Waals surface area contributed by atoms with Crippen LogP contribution >= 0.6 is 11.8 Å². The molecule has 3 aliphatic rings. The lowest BCUT2D eigenvalue weighted by molar-refractivity contribution is -0.135. The fraction of sp³-hybridized carbons (Fsp3) is 0.308. The van der Waals surface area contributed by atoms with Gasteiger partial charge < -0.3 is 10.0 Å². The van der Waals surface area contributed by atoms with Crippen LogP contribution in [0.5, 0.6) is 0 Å². The Labute approximate surface area is 104 Å². The summed E-state index contributed by atoms with van der Waals surface area (Å²) in [4.78, 5) is 14.5. The molecule has 0 fully saturated rings. The summed E-state index contributed by atoms with van der Waals surface area (Å²) in [5, 5.41) is 8.89. The molecule has 0 aromatic heterocycles. The molecule has 0 bridgehead atoms. The zero-order valence-electron chi connectivity index (χ0n) is 9.46. The largest absolute Gasteiger partial charge is 0.480 e. The topological polar surface area (TPSA) is 40.5 Å². The number of rotatable bonds is 1. The van der Waals surface area contributed by atoms with Gasteiger partial charge in [0.25, 0.3) is 0 Å². The van der Waals surface area contributed by atoms with Gasteiger partial charge in [0.2, 0.25) is 0 Å². The molecule has 2 atom stereocenters. The van der Waals surface area contributed by atoms with Crippen LogP contribution in [-0.2, 0) is 4.79 Å². The number of thioether (sulfide) groups is 1. The van der Waals surface area contributed by atoms with Crippen LogP contribution in [0.2, 0.25) is 0 Å². The fourth-order valence-electron chi connectivity index (χ4n) is 2.52. The molecular weight excluding hydrogens is 234 g/mol. The van der Waals surface area contributed by atoms with Gasteiger partial charge in [0, 0.05) is 24.4 Å². The Morgan fingerprint density at radius 1 is 1.53 bits per heavy atom. The highest BCUT2D eigenvalue weighted by atomic mass is 32.2. The van der Waals surface area contributed by atoms with Crippen molar-refractivity contribution < 1.29 is 9.90 Å². The number of nitrogens with zero attached hydrogens (tertiary/aromatic N) is 1. The predicted octanol–water partition coefficient (Wildman–Crippen LogP) is 2.01. The number of aliphatic carboxylic acids is 1. The molecule has 2 aliphatic heterocycles. The maximum atomic E-state index is 11.3. The summed E-state index contributed by atoms with van der Waals surface area (Å²) in [6.07, 6.45) is 10.3. The van der Waals surface area contributed by atoms with E-state index in [1.165, 1.54) is 17.3 Å². The van der Waals surface area contributed by atoms with E-state index in [0.717, 1.165) is 10.5 Å². The van der Waals surface area contributed by atoms with Gasteiger partial charge in [0.1, 0.15) is 5.25 Å². The third-order valence-electron chi connectivity index (χ3n) is 3.26. The van der Waals surface area contributed by atoms with E-state index >= 15 is 0 Å². The van der Waals surface area contributed by atoms with E-state index in [1.807, 2.05) is 30.3 Å². The van der Waals surface area contributed by atoms with Crippen LogP contribution in [0.3, 0.4) is 0 Å². The van der Waals surface area contributed by atoms with Crippen LogP contribution in [-0.4, -0.2) is 34.8 Å². The standard InChI is InChI=1S/C13H13NO2S/c1-14-6-5-8-3-2-4-10-11(8)9(7-14)12(17-10)13(15)16/h2-6,8,12H,7H2,1H3,(H,15,16). The molecule has 2 heterocycles. The van der Waals surface area contributed by atoms with Gasteiger partial charge in [-0.05, 0) is 23.4 Å². The molecule has 0 saturated carbocycles. The molecule has 0 saturated heterocycles. The summed E-state index contributed by atoms with van der Waals surface area (Å²) in [6.45, 7) is 0.706. The van der Waals surface area contributed by atoms with Crippen molar-refractivity contribution in [3.63, 3.8) is 0 Å². The molecule has 1 aliphatic carbocycles. The molecule has 0 radical (unpaired) electrons. The summed E-state index contributed by atoms with van der Waals surface area (Å²) >= 11 is 1.47. The van der Waals surface area contributed by atoms with Gasteiger partial charge in [-0.1, -0.05) is 18.2 Å². The van der Waals surface area contributed by atoms with Crippen molar-refractivity contribution >= 4 is 17.7 Å². The third kappa shape index (κ3) is 1.63. The summed E-state index contributed by atoms with van der Waals surface area (Å²) in [5.74, 6) is -0.492. The molecule has 3 nitrogen and oxygen atoms in total. The van der Waals surface area contributed by atoms with E-state index in [4.69, 9.17) is 0 Å². The summed E-state index contributed by atoms with van der Waals surface area (Å²) in [5.41, 5.74) is 2.26. The Morgan fingerprint density at radius 2 is 2.35 bits per heavy atom. The number of carboxylic acid groups (broad SMARTS) is 1. The summed E-state index contributed by atoms with van der Waals surface area (Å²) in [6, 6.07) is 0. The maximum absolute atomic E-state index is 11.3. The van der Waals surface area contributed by atoms with Gasteiger partial charge in [-0.15, -0.1) is 11.8 Å². The summed E-state index contributed by atoms with van der Waals surface area (Å²) in [7, 11) is 1.98.